The largest absolute Gasteiger partial charge is 0.391 e. The van der Waals surface area contributed by atoms with Crippen molar-refractivity contribution in [3.05, 3.63) is 84.4 Å². The maximum absolute atomic E-state index is 13.8. The molecule has 0 saturated heterocycles. The summed E-state index contributed by atoms with van der Waals surface area (Å²) in [4.78, 5) is 31.2. The fourth-order valence-corrected chi connectivity index (χ4v) is 4.28. The molecule has 1 aliphatic rings. The SMILES string of the molecule is CCC(O)CNC(=O)Nc1ccc2nc(-c3ccccc3)c(-c3ccccc3)c(C(=O)NC3CC3)c2c1. The first kappa shape index (κ1) is 24.5. The number of aliphatic hydroxyl groups is 1. The van der Waals surface area contributed by atoms with Crippen molar-refractivity contribution in [1.29, 1.82) is 0 Å². The van der Waals surface area contributed by atoms with Gasteiger partial charge in [0.05, 0.1) is 22.9 Å². The number of carbonyl (C=O) groups excluding carboxylic acids is 2. The lowest BCUT2D eigenvalue weighted by atomic mass is 9.91. The van der Waals surface area contributed by atoms with Crippen LogP contribution in [0.25, 0.3) is 33.3 Å². The highest BCUT2D eigenvalue weighted by Gasteiger charge is 2.28. The molecule has 3 aromatic carbocycles. The van der Waals surface area contributed by atoms with E-state index in [-0.39, 0.29) is 18.5 Å². The third-order valence-corrected chi connectivity index (χ3v) is 6.46. The van der Waals surface area contributed by atoms with E-state index in [1.807, 2.05) is 73.7 Å². The Morgan fingerprint density at radius 2 is 1.65 bits per heavy atom. The van der Waals surface area contributed by atoms with E-state index in [2.05, 4.69) is 16.0 Å². The van der Waals surface area contributed by atoms with Crippen LogP contribution >= 0.6 is 0 Å². The molecule has 4 N–H and O–H groups in total. The van der Waals surface area contributed by atoms with Gasteiger partial charge in [0.15, 0.2) is 0 Å². The highest BCUT2D eigenvalue weighted by molar-refractivity contribution is 6.15. The van der Waals surface area contributed by atoms with Crippen molar-refractivity contribution in [1.82, 2.24) is 15.6 Å². The molecular formula is C30H30N4O3. The minimum Gasteiger partial charge on any atom is -0.391 e. The van der Waals surface area contributed by atoms with Crippen LogP contribution in [0.4, 0.5) is 10.5 Å². The smallest absolute Gasteiger partial charge is 0.319 e. The lowest BCUT2D eigenvalue weighted by molar-refractivity contribution is 0.0953. The van der Waals surface area contributed by atoms with Gasteiger partial charge in [0.2, 0.25) is 0 Å². The first-order chi connectivity index (χ1) is 18.0. The van der Waals surface area contributed by atoms with Crippen molar-refractivity contribution in [3.63, 3.8) is 0 Å². The molecule has 0 spiro atoms. The van der Waals surface area contributed by atoms with Crippen LogP contribution in [0.3, 0.4) is 0 Å². The molecule has 0 aliphatic heterocycles. The monoisotopic (exact) mass is 494 g/mol. The lowest BCUT2D eigenvalue weighted by Crippen LogP contribution is -2.35. The molecule has 7 nitrogen and oxygen atoms in total. The number of anilines is 1. The van der Waals surface area contributed by atoms with E-state index in [0.29, 0.717) is 28.6 Å². The fourth-order valence-electron chi connectivity index (χ4n) is 4.28. The van der Waals surface area contributed by atoms with Crippen LogP contribution in [0.15, 0.2) is 78.9 Å². The summed E-state index contributed by atoms with van der Waals surface area (Å²) in [6, 6.07) is 24.8. The number of urea groups is 1. The molecule has 37 heavy (non-hydrogen) atoms. The molecule has 0 bridgehead atoms. The third-order valence-electron chi connectivity index (χ3n) is 6.46. The molecule has 1 aliphatic carbocycles. The average Bonchev–Trinajstić information content (AvgIpc) is 3.75. The van der Waals surface area contributed by atoms with Crippen LogP contribution in [0, 0.1) is 0 Å². The van der Waals surface area contributed by atoms with E-state index in [1.165, 1.54) is 0 Å². The molecule has 1 heterocycles. The summed E-state index contributed by atoms with van der Waals surface area (Å²) in [5, 5.41) is 19.1. The van der Waals surface area contributed by atoms with Crippen LogP contribution < -0.4 is 16.0 Å². The Hall–Kier alpha value is -4.23. The molecule has 1 unspecified atom stereocenters. The Labute approximate surface area is 215 Å². The number of benzene rings is 3. The first-order valence-corrected chi connectivity index (χ1v) is 12.7. The highest BCUT2D eigenvalue weighted by atomic mass is 16.3. The van der Waals surface area contributed by atoms with Gasteiger partial charge in [-0.05, 0) is 43.0 Å². The maximum Gasteiger partial charge on any atom is 0.319 e. The lowest BCUT2D eigenvalue weighted by Gasteiger charge is -2.18. The standard InChI is InChI=1S/C30H30N4O3/c1-2-23(35)18-31-30(37)33-22-15-16-25-24(17-22)27(29(36)32-21-13-14-21)26(19-9-5-3-6-10-19)28(34-25)20-11-7-4-8-12-20/h3-12,15-17,21,23,35H,2,13-14,18H2,1H3,(H,32,36)(H2,31,33,37). The molecule has 0 radical (unpaired) electrons. The van der Waals surface area contributed by atoms with E-state index < -0.39 is 12.1 Å². The summed E-state index contributed by atoms with van der Waals surface area (Å²) in [5.41, 5.74) is 5.02. The summed E-state index contributed by atoms with van der Waals surface area (Å²) < 4.78 is 0. The molecule has 3 amide bonds. The molecule has 5 rings (SSSR count). The summed E-state index contributed by atoms with van der Waals surface area (Å²) >= 11 is 0. The van der Waals surface area contributed by atoms with Gasteiger partial charge in [0.1, 0.15) is 0 Å². The number of fused-ring (bicyclic) bond motifs is 1. The Kier molecular flexibility index (Phi) is 7.14. The van der Waals surface area contributed by atoms with E-state index in [4.69, 9.17) is 4.98 Å². The second kappa shape index (κ2) is 10.8. The number of aromatic nitrogens is 1. The van der Waals surface area contributed by atoms with Gasteiger partial charge in [0, 0.05) is 34.8 Å². The van der Waals surface area contributed by atoms with Gasteiger partial charge in [-0.3, -0.25) is 4.79 Å². The number of hydrogen-bond donors (Lipinski definition) is 4. The van der Waals surface area contributed by atoms with Crippen molar-refractivity contribution in [2.24, 2.45) is 0 Å². The maximum atomic E-state index is 13.8. The van der Waals surface area contributed by atoms with Gasteiger partial charge in [0.25, 0.3) is 5.91 Å². The zero-order valence-corrected chi connectivity index (χ0v) is 20.7. The van der Waals surface area contributed by atoms with Gasteiger partial charge in [-0.2, -0.15) is 0 Å². The topological polar surface area (TPSA) is 103 Å². The molecular weight excluding hydrogens is 464 g/mol. The quantitative estimate of drug-likeness (QED) is 0.265. The summed E-state index contributed by atoms with van der Waals surface area (Å²) in [5.74, 6) is -0.154. The van der Waals surface area contributed by atoms with E-state index in [9.17, 15) is 14.7 Å². The Bertz CT molecular complexity index is 1420. The number of pyridine rings is 1. The predicted molar refractivity (Wildman–Crippen MR) is 146 cm³/mol. The molecule has 7 heteroatoms. The minimum atomic E-state index is -0.603. The minimum absolute atomic E-state index is 0.154. The summed E-state index contributed by atoms with van der Waals surface area (Å²) in [6.45, 7) is 2.01. The van der Waals surface area contributed by atoms with Gasteiger partial charge in [-0.1, -0.05) is 67.6 Å². The van der Waals surface area contributed by atoms with E-state index in [1.54, 1.807) is 12.1 Å². The third kappa shape index (κ3) is 5.62. The summed E-state index contributed by atoms with van der Waals surface area (Å²) in [7, 11) is 0. The van der Waals surface area contributed by atoms with Gasteiger partial charge >= 0.3 is 6.03 Å². The van der Waals surface area contributed by atoms with E-state index >= 15 is 0 Å². The van der Waals surface area contributed by atoms with Crippen LogP contribution in [0.2, 0.25) is 0 Å². The predicted octanol–water partition coefficient (Wildman–Crippen LogP) is 5.35. The summed E-state index contributed by atoms with van der Waals surface area (Å²) in [6.07, 6.45) is 1.89. The Morgan fingerprint density at radius 3 is 2.30 bits per heavy atom. The number of nitrogens with one attached hydrogen (secondary N) is 3. The second-order valence-corrected chi connectivity index (χ2v) is 9.32. The molecule has 1 saturated carbocycles. The highest BCUT2D eigenvalue weighted by Crippen LogP contribution is 2.38. The van der Waals surface area contributed by atoms with Crippen molar-refractivity contribution >= 4 is 28.5 Å². The molecule has 188 valence electrons. The van der Waals surface area contributed by atoms with Crippen molar-refractivity contribution < 1.29 is 14.7 Å². The fraction of sp³-hybridized carbons (Fsp3) is 0.233. The van der Waals surface area contributed by atoms with Crippen LogP contribution in [0.5, 0.6) is 0 Å². The zero-order valence-electron chi connectivity index (χ0n) is 20.7. The van der Waals surface area contributed by atoms with Crippen molar-refractivity contribution in [3.8, 4) is 22.4 Å². The van der Waals surface area contributed by atoms with Gasteiger partial charge in [-0.25, -0.2) is 9.78 Å². The van der Waals surface area contributed by atoms with Crippen molar-refractivity contribution in [2.45, 2.75) is 38.3 Å². The molecule has 1 fully saturated rings. The molecule has 1 atom stereocenters. The normalized spacial score (nSPS) is 13.7. The van der Waals surface area contributed by atoms with E-state index in [0.717, 1.165) is 35.2 Å². The molecule has 4 aromatic rings. The second-order valence-electron chi connectivity index (χ2n) is 9.32. The first-order valence-electron chi connectivity index (χ1n) is 12.7. The zero-order chi connectivity index (χ0) is 25.8. The van der Waals surface area contributed by atoms with Crippen LogP contribution in [-0.2, 0) is 0 Å². The number of rotatable bonds is 8. The number of hydrogen-bond acceptors (Lipinski definition) is 4. The Balaban J connectivity index is 1.66. The number of aliphatic hydroxyl groups excluding tert-OH is 1. The Morgan fingerprint density at radius 1 is 0.973 bits per heavy atom. The van der Waals surface area contributed by atoms with Crippen LogP contribution in [0.1, 0.15) is 36.5 Å². The molecule has 1 aromatic heterocycles. The van der Waals surface area contributed by atoms with Gasteiger partial charge in [-0.15, -0.1) is 0 Å². The number of carbonyl (C=O) groups is 2. The van der Waals surface area contributed by atoms with Gasteiger partial charge < -0.3 is 21.1 Å². The number of nitrogens with zero attached hydrogens (tertiary/aromatic N) is 1. The average molecular weight is 495 g/mol. The van der Waals surface area contributed by atoms with Crippen molar-refractivity contribution in [2.75, 3.05) is 11.9 Å². The number of amides is 3. The van der Waals surface area contributed by atoms with Crippen LogP contribution in [-0.4, -0.2) is 40.7 Å².